The fourth-order valence-corrected chi connectivity index (χ4v) is 6.18. The van der Waals surface area contributed by atoms with Crippen LogP contribution in [0.15, 0.2) is 60.7 Å². The molecule has 2 aromatic rings. The highest BCUT2D eigenvalue weighted by molar-refractivity contribution is 6.32. The SMILES string of the molecule is COc1ccc(C[C@H]2NC(=O)/C=C/C[C@@H]([C@H](C)[C@@H](ONCC=O)[C@@H](Cl)c3ccccc3)OC(=O)[C@H](CC(C)C)OC(=O)C(C)(C)CNC2=O)cc1Cl. The Morgan fingerprint density at radius 2 is 1.77 bits per heavy atom. The summed E-state index contributed by atoms with van der Waals surface area (Å²) in [5.74, 6) is -2.87. The van der Waals surface area contributed by atoms with Crippen molar-refractivity contribution in [3.63, 3.8) is 0 Å². The molecular weight excluding hydrogens is 713 g/mol. The number of hydroxylamine groups is 1. The summed E-state index contributed by atoms with van der Waals surface area (Å²) in [4.78, 5) is 71.2. The topological polar surface area (TPSA) is 158 Å². The van der Waals surface area contributed by atoms with Crippen LogP contribution in [-0.4, -0.2) is 74.6 Å². The van der Waals surface area contributed by atoms with Crippen LogP contribution >= 0.6 is 23.2 Å². The van der Waals surface area contributed by atoms with E-state index in [2.05, 4.69) is 16.1 Å². The Morgan fingerprint density at radius 1 is 1.06 bits per heavy atom. The van der Waals surface area contributed by atoms with E-state index in [-0.39, 0.29) is 38.3 Å². The molecule has 3 N–H and O–H groups in total. The lowest BCUT2D eigenvalue weighted by atomic mass is 9.90. The molecule has 52 heavy (non-hydrogen) atoms. The third-order valence-electron chi connectivity index (χ3n) is 8.55. The summed E-state index contributed by atoms with van der Waals surface area (Å²) in [5, 5.41) is 5.08. The summed E-state index contributed by atoms with van der Waals surface area (Å²) in [6.45, 7) is 8.42. The zero-order valence-corrected chi connectivity index (χ0v) is 31.9. The number of methoxy groups -OCH3 is 1. The number of cyclic esters (lactones) is 2. The summed E-state index contributed by atoms with van der Waals surface area (Å²) in [7, 11) is 1.49. The fourth-order valence-electron chi connectivity index (χ4n) is 5.47. The maximum atomic E-state index is 13.8. The average molecular weight is 763 g/mol. The van der Waals surface area contributed by atoms with Crippen LogP contribution in [0.4, 0.5) is 0 Å². The van der Waals surface area contributed by atoms with Gasteiger partial charge in [0.2, 0.25) is 11.8 Å². The van der Waals surface area contributed by atoms with Crippen LogP contribution in [0.3, 0.4) is 0 Å². The fraction of sp³-hybridized carbons (Fsp3) is 0.500. The zero-order valence-electron chi connectivity index (χ0n) is 30.4. The molecule has 14 heteroatoms. The molecule has 12 nitrogen and oxygen atoms in total. The first kappa shape index (κ1) is 42.4. The number of hydrogen-bond acceptors (Lipinski definition) is 10. The molecule has 0 radical (unpaired) electrons. The van der Waals surface area contributed by atoms with Crippen molar-refractivity contribution in [3.8, 4) is 5.75 Å². The first-order chi connectivity index (χ1) is 24.7. The maximum Gasteiger partial charge on any atom is 0.347 e. The van der Waals surface area contributed by atoms with Gasteiger partial charge in [-0.25, -0.2) is 4.79 Å². The van der Waals surface area contributed by atoms with E-state index < -0.39 is 64.8 Å². The summed E-state index contributed by atoms with van der Waals surface area (Å²) < 4.78 is 17.1. The van der Waals surface area contributed by atoms with Crippen molar-refractivity contribution < 1.29 is 43.0 Å². The van der Waals surface area contributed by atoms with Crippen LogP contribution in [0, 0.1) is 17.3 Å². The van der Waals surface area contributed by atoms with E-state index in [9.17, 15) is 24.0 Å². The van der Waals surface area contributed by atoms with Crippen molar-refractivity contribution in [2.45, 2.75) is 83.6 Å². The van der Waals surface area contributed by atoms with Crippen LogP contribution < -0.4 is 20.9 Å². The Balaban J connectivity index is 2.02. The minimum atomic E-state index is -1.27. The summed E-state index contributed by atoms with van der Waals surface area (Å²) in [5.41, 5.74) is 2.72. The van der Waals surface area contributed by atoms with Gasteiger partial charge in [-0.3, -0.25) is 19.2 Å². The summed E-state index contributed by atoms with van der Waals surface area (Å²) >= 11 is 13.3. The van der Waals surface area contributed by atoms with Gasteiger partial charge in [-0.05, 0) is 55.5 Å². The molecule has 284 valence electrons. The summed E-state index contributed by atoms with van der Waals surface area (Å²) in [6, 6.07) is 13.1. The molecule has 0 bridgehead atoms. The highest BCUT2D eigenvalue weighted by Crippen LogP contribution is 2.34. The second-order valence-electron chi connectivity index (χ2n) is 13.7. The van der Waals surface area contributed by atoms with E-state index in [1.54, 1.807) is 39.0 Å². The molecular formula is C38H49Cl2N3O9. The minimum absolute atomic E-state index is 0.0189. The van der Waals surface area contributed by atoms with Gasteiger partial charge in [-0.2, -0.15) is 5.48 Å². The second kappa shape index (κ2) is 20.3. The van der Waals surface area contributed by atoms with Crippen molar-refractivity contribution in [2.75, 3.05) is 20.2 Å². The van der Waals surface area contributed by atoms with Gasteiger partial charge in [0.25, 0.3) is 0 Å². The van der Waals surface area contributed by atoms with Crippen molar-refractivity contribution in [2.24, 2.45) is 17.3 Å². The first-order valence-corrected chi connectivity index (χ1v) is 18.0. The largest absolute Gasteiger partial charge is 0.495 e. The van der Waals surface area contributed by atoms with Gasteiger partial charge in [-0.15, -0.1) is 11.6 Å². The molecule has 3 rings (SSSR count). The van der Waals surface area contributed by atoms with E-state index >= 15 is 0 Å². The number of carbonyl (C=O) groups is 5. The molecule has 0 unspecified atom stereocenters. The van der Waals surface area contributed by atoms with Gasteiger partial charge in [0.15, 0.2) is 6.10 Å². The average Bonchev–Trinajstić information content (AvgIpc) is 3.10. The van der Waals surface area contributed by atoms with Crippen molar-refractivity contribution in [1.82, 2.24) is 16.1 Å². The maximum absolute atomic E-state index is 13.8. The number of hydrogen-bond donors (Lipinski definition) is 3. The van der Waals surface area contributed by atoms with Gasteiger partial charge in [0.05, 0.1) is 29.5 Å². The molecule has 0 saturated heterocycles. The smallest absolute Gasteiger partial charge is 0.347 e. The number of rotatable bonds is 13. The molecule has 6 atom stereocenters. The van der Waals surface area contributed by atoms with Gasteiger partial charge in [0.1, 0.15) is 30.3 Å². The van der Waals surface area contributed by atoms with Crippen LogP contribution in [0.2, 0.25) is 5.02 Å². The Kier molecular flexibility index (Phi) is 16.6. The number of alkyl halides is 1. The second-order valence-corrected chi connectivity index (χ2v) is 14.6. The van der Waals surface area contributed by atoms with Crippen molar-refractivity contribution in [1.29, 1.82) is 0 Å². The normalized spacial score (nSPS) is 22.6. The standard InChI is InChI=1S/C38H49Cl2N3O9/c1-23(2)19-31-36(47)50-29(24(3)34(52-42-17-18-44)33(40)26-11-8-7-9-12-26)13-10-14-32(45)43-28(21-25-15-16-30(49-6)27(39)20-25)35(46)41-22-38(4,5)37(48)51-31/h7-12,14-16,18,20,23-24,28-29,31,33-34,42H,13,17,19,21-22H2,1-6H3,(H,41,46)(H,43,45)/b14-10+/t24-,28+,29-,31-,33-,34+/m0/s1. The lowest BCUT2D eigenvalue weighted by Gasteiger charge is -2.34. The van der Waals surface area contributed by atoms with Crippen LogP contribution in [-0.2, 0) is 44.7 Å². The molecule has 1 aliphatic rings. The van der Waals surface area contributed by atoms with Gasteiger partial charge in [-0.1, -0.05) is 74.8 Å². The van der Waals surface area contributed by atoms with Crippen LogP contribution in [0.1, 0.15) is 64.0 Å². The predicted octanol–water partition coefficient (Wildman–Crippen LogP) is 5.05. The van der Waals surface area contributed by atoms with E-state index in [4.69, 9.17) is 42.3 Å². The molecule has 1 aliphatic heterocycles. The highest BCUT2D eigenvalue weighted by atomic mass is 35.5. The number of aldehydes is 1. The van der Waals surface area contributed by atoms with Crippen molar-refractivity contribution in [3.05, 3.63) is 76.8 Å². The number of carbonyl (C=O) groups excluding carboxylic acids is 5. The van der Waals surface area contributed by atoms with Gasteiger partial charge < -0.3 is 29.6 Å². The van der Waals surface area contributed by atoms with E-state index in [0.717, 1.165) is 5.56 Å². The Labute approximate surface area is 315 Å². The first-order valence-electron chi connectivity index (χ1n) is 17.2. The third kappa shape index (κ3) is 12.6. The number of nitrogens with one attached hydrogen (secondary N) is 3. The molecule has 2 amide bonds. The van der Waals surface area contributed by atoms with Gasteiger partial charge >= 0.3 is 11.9 Å². The van der Waals surface area contributed by atoms with Crippen molar-refractivity contribution >= 4 is 53.2 Å². The van der Waals surface area contributed by atoms with E-state index in [0.29, 0.717) is 22.6 Å². The Bertz CT molecular complexity index is 1550. The number of amides is 2. The Morgan fingerprint density at radius 3 is 2.40 bits per heavy atom. The molecule has 0 fully saturated rings. The third-order valence-corrected chi connectivity index (χ3v) is 9.34. The monoisotopic (exact) mass is 761 g/mol. The molecule has 0 saturated carbocycles. The van der Waals surface area contributed by atoms with Crippen LogP contribution in [0.5, 0.6) is 5.75 Å². The highest BCUT2D eigenvalue weighted by Gasteiger charge is 2.39. The predicted molar refractivity (Wildman–Crippen MR) is 197 cm³/mol. The number of esters is 2. The van der Waals surface area contributed by atoms with Gasteiger partial charge in [0, 0.05) is 25.3 Å². The molecule has 0 aliphatic carbocycles. The lowest BCUT2D eigenvalue weighted by Crippen LogP contribution is -2.51. The molecule has 2 aromatic carbocycles. The van der Waals surface area contributed by atoms with Crippen LogP contribution in [0.25, 0.3) is 0 Å². The molecule has 0 aromatic heterocycles. The summed E-state index contributed by atoms with van der Waals surface area (Å²) in [6.07, 6.45) is 0.616. The lowest BCUT2D eigenvalue weighted by molar-refractivity contribution is -0.181. The zero-order chi connectivity index (χ0) is 38.4. The quantitative estimate of drug-likeness (QED) is 0.0830. The van der Waals surface area contributed by atoms with E-state index in [1.807, 2.05) is 44.2 Å². The number of benzene rings is 2. The molecule has 0 spiro atoms. The van der Waals surface area contributed by atoms with E-state index in [1.165, 1.54) is 19.3 Å². The molecule has 1 heterocycles. The minimum Gasteiger partial charge on any atom is -0.495 e. The Hall–Kier alpha value is -3.97. The number of halogens is 2. The number of ether oxygens (including phenoxy) is 3.